The first-order valence-electron chi connectivity index (χ1n) is 12.6. The van der Waals surface area contributed by atoms with E-state index in [1.165, 1.54) is 87.3 Å². The summed E-state index contributed by atoms with van der Waals surface area (Å²) in [5.41, 5.74) is 5.33. The summed E-state index contributed by atoms with van der Waals surface area (Å²) in [5.74, 6) is 8.18. The minimum absolute atomic E-state index is 0.521. The molecule has 31 heavy (non-hydrogen) atoms. The van der Waals surface area contributed by atoms with E-state index in [-0.39, 0.29) is 0 Å². The van der Waals surface area contributed by atoms with Gasteiger partial charge >= 0.3 is 0 Å². The van der Waals surface area contributed by atoms with Crippen LogP contribution in [0.2, 0.25) is 5.02 Å². The second-order valence-electron chi connectivity index (χ2n) is 9.28. The SMILES string of the molecule is CCCCCCc1ccc(C#C[C@H]2CC[C@H](c3ccc(CCCC)cc3)CC2)cc1Cl. The Bertz CT molecular complexity index is 844. The van der Waals surface area contributed by atoms with E-state index >= 15 is 0 Å². The lowest BCUT2D eigenvalue weighted by Gasteiger charge is -2.26. The van der Waals surface area contributed by atoms with E-state index in [0.29, 0.717) is 11.8 Å². The number of hydrogen-bond acceptors (Lipinski definition) is 0. The van der Waals surface area contributed by atoms with Gasteiger partial charge in [-0.2, -0.15) is 0 Å². The molecule has 0 spiro atoms. The third kappa shape index (κ3) is 7.73. The molecule has 0 aromatic heterocycles. The normalized spacial score (nSPS) is 18.4. The van der Waals surface area contributed by atoms with Gasteiger partial charge in [0.15, 0.2) is 0 Å². The summed E-state index contributed by atoms with van der Waals surface area (Å²) in [6, 6.07) is 15.8. The van der Waals surface area contributed by atoms with E-state index in [4.69, 9.17) is 11.6 Å². The number of aryl methyl sites for hydroxylation is 2. The zero-order valence-corrected chi connectivity index (χ0v) is 20.3. The zero-order valence-electron chi connectivity index (χ0n) is 19.6. The summed E-state index contributed by atoms with van der Waals surface area (Å²) in [5, 5.41) is 0.884. The fourth-order valence-corrected chi connectivity index (χ4v) is 4.94. The Morgan fingerprint density at radius 3 is 2.23 bits per heavy atom. The Kier molecular flexibility index (Phi) is 10.0. The quantitative estimate of drug-likeness (QED) is 0.272. The van der Waals surface area contributed by atoms with Crippen LogP contribution >= 0.6 is 11.6 Å². The van der Waals surface area contributed by atoms with E-state index in [2.05, 4.69) is 68.2 Å². The fourth-order valence-electron chi connectivity index (χ4n) is 4.66. The van der Waals surface area contributed by atoms with Crippen LogP contribution in [-0.4, -0.2) is 0 Å². The van der Waals surface area contributed by atoms with Crippen LogP contribution < -0.4 is 0 Å². The molecular weight excluding hydrogens is 396 g/mol. The molecule has 3 rings (SSSR count). The molecule has 166 valence electrons. The maximum Gasteiger partial charge on any atom is 0.0450 e. The van der Waals surface area contributed by atoms with Crippen molar-refractivity contribution in [2.75, 3.05) is 0 Å². The smallest absolute Gasteiger partial charge is 0.0450 e. The largest absolute Gasteiger partial charge is 0.0945 e. The van der Waals surface area contributed by atoms with Gasteiger partial charge in [-0.1, -0.05) is 93.3 Å². The number of hydrogen-bond donors (Lipinski definition) is 0. The minimum Gasteiger partial charge on any atom is -0.0945 e. The molecule has 1 aliphatic rings. The molecule has 0 bridgehead atoms. The van der Waals surface area contributed by atoms with Crippen LogP contribution in [0, 0.1) is 17.8 Å². The maximum atomic E-state index is 6.52. The predicted octanol–water partition coefficient (Wildman–Crippen LogP) is 9.13. The van der Waals surface area contributed by atoms with Crippen LogP contribution in [0.5, 0.6) is 0 Å². The topological polar surface area (TPSA) is 0 Å². The van der Waals surface area contributed by atoms with E-state index in [1.807, 2.05) is 0 Å². The first kappa shape index (κ1) is 23.9. The van der Waals surface area contributed by atoms with Crippen molar-refractivity contribution < 1.29 is 0 Å². The van der Waals surface area contributed by atoms with Crippen molar-refractivity contribution in [2.45, 2.75) is 96.8 Å². The zero-order chi connectivity index (χ0) is 21.9. The van der Waals surface area contributed by atoms with Gasteiger partial charge in [-0.15, -0.1) is 0 Å². The molecule has 0 unspecified atom stereocenters. The van der Waals surface area contributed by atoms with Gasteiger partial charge in [0, 0.05) is 16.5 Å². The number of halogens is 1. The summed E-state index contributed by atoms with van der Waals surface area (Å²) in [7, 11) is 0. The molecule has 0 aliphatic heterocycles. The second kappa shape index (κ2) is 13.0. The predicted molar refractivity (Wildman–Crippen MR) is 136 cm³/mol. The van der Waals surface area contributed by atoms with Gasteiger partial charge in [-0.25, -0.2) is 0 Å². The lowest BCUT2D eigenvalue weighted by Crippen LogP contribution is -2.12. The Balaban J connectivity index is 1.48. The van der Waals surface area contributed by atoms with E-state index in [1.54, 1.807) is 0 Å². The summed E-state index contributed by atoms with van der Waals surface area (Å²) < 4.78 is 0. The number of rotatable bonds is 9. The first-order chi connectivity index (χ1) is 15.2. The molecule has 1 heteroatoms. The van der Waals surface area contributed by atoms with Gasteiger partial charge < -0.3 is 0 Å². The van der Waals surface area contributed by atoms with Gasteiger partial charge in [0.25, 0.3) is 0 Å². The van der Waals surface area contributed by atoms with Crippen molar-refractivity contribution in [3.63, 3.8) is 0 Å². The Morgan fingerprint density at radius 2 is 1.55 bits per heavy atom. The summed E-state index contributed by atoms with van der Waals surface area (Å²) in [4.78, 5) is 0. The van der Waals surface area contributed by atoms with Gasteiger partial charge in [-0.05, 0) is 86.1 Å². The molecule has 0 radical (unpaired) electrons. The molecule has 1 saturated carbocycles. The lowest BCUT2D eigenvalue weighted by molar-refractivity contribution is 0.384. The average molecular weight is 435 g/mol. The number of benzene rings is 2. The van der Waals surface area contributed by atoms with Gasteiger partial charge in [0.1, 0.15) is 0 Å². The molecule has 2 aromatic rings. The van der Waals surface area contributed by atoms with Crippen molar-refractivity contribution in [1.82, 2.24) is 0 Å². The third-order valence-corrected chi connectivity index (χ3v) is 7.12. The molecule has 0 atom stereocenters. The second-order valence-corrected chi connectivity index (χ2v) is 9.69. The molecular formula is C30H39Cl. The van der Waals surface area contributed by atoms with Crippen molar-refractivity contribution >= 4 is 11.6 Å². The Labute approximate surface area is 195 Å². The highest BCUT2D eigenvalue weighted by atomic mass is 35.5. The van der Waals surface area contributed by atoms with Crippen molar-refractivity contribution in [1.29, 1.82) is 0 Å². The Hall–Kier alpha value is -1.71. The minimum atomic E-state index is 0.521. The van der Waals surface area contributed by atoms with E-state index < -0.39 is 0 Å². The molecule has 0 amide bonds. The lowest BCUT2D eigenvalue weighted by atomic mass is 9.78. The molecule has 1 fully saturated rings. The van der Waals surface area contributed by atoms with E-state index in [0.717, 1.165) is 17.0 Å². The van der Waals surface area contributed by atoms with Gasteiger partial charge in [0.05, 0.1) is 0 Å². The monoisotopic (exact) mass is 434 g/mol. The molecule has 0 N–H and O–H groups in total. The maximum absolute atomic E-state index is 6.52. The van der Waals surface area contributed by atoms with Crippen LogP contribution in [0.3, 0.4) is 0 Å². The molecule has 1 aliphatic carbocycles. The van der Waals surface area contributed by atoms with Crippen LogP contribution in [0.4, 0.5) is 0 Å². The van der Waals surface area contributed by atoms with Crippen molar-refractivity contribution in [3.05, 3.63) is 69.7 Å². The highest BCUT2D eigenvalue weighted by Crippen LogP contribution is 2.35. The molecule has 0 nitrogen and oxygen atoms in total. The van der Waals surface area contributed by atoms with Crippen LogP contribution in [0.1, 0.15) is 106 Å². The average Bonchev–Trinajstić information content (AvgIpc) is 2.81. The standard InChI is InChI=1S/C30H39Cl/c1-3-5-7-8-10-29-22-17-26(23-30(29)31)12-11-25-15-20-28(21-16-25)27-18-13-24(14-19-27)9-6-4-2/h13-14,17-19,22-23,25,28H,3-10,15-16,20-21H2,1-2H3/t25-,28-. The van der Waals surface area contributed by atoms with E-state index in [9.17, 15) is 0 Å². The highest BCUT2D eigenvalue weighted by molar-refractivity contribution is 6.31. The Morgan fingerprint density at radius 1 is 0.806 bits per heavy atom. The molecule has 0 saturated heterocycles. The highest BCUT2D eigenvalue weighted by Gasteiger charge is 2.21. The van der Waals surface area contributed by atoms with Crippen LogP contribution in [0.15, 0.2) is 42.5 Å². The van der Waals surface area contributed by atoms with Crippen molar-refractivity contribution in [2.24, 2.45) is 5.92 Å². The molecule has 0 heterocycles. The summed E-state index contributed by atoms with van der Waals surface area (Å²) >= 11 is 6.52. The summed E-state index contributed by atoms with van der Waals surface area (Å²) in [6.07, 6.45) is 14.9. The van der Waals surface area contributed by atoms with Gasteiger partial charge in [-0.3, -0.25) is 0 Å². The third-order valence-electron chi connectivity index (χ3n) is 6.77. The number of unbranched alkanes of at least 4 members (excludes halogenated alkanes) is 4. The fraction of sp³-hybridized carbons (Fsp3) is 0.533. The first-order valence-corrected chi connectivity index (χ1v) is 13.0. The van der Waals surface area contributed by atoms with Crippen LogP contribution in [0.25, 0.3) is 0 Å². The van der Waals surface area contributed by atoms with Gasteiger partial charge in [0.2, 0.25) is 0 Å². The molecule has 2 aromatic carbocycles. The summed E-state index contributed by atoms with van der Waals surface area (Å²) in [6.45, 7) is 4.51. The van der Waals surface area contributed by atoms with Crippen molar-refractivity contribution in [3.8, 4) is 11.8 Å². The van der Waals surface area contributed by atoms with Crippen LogP contribution in [-0.2, 0) is 12.8 Å².